The van der Waals surface area contributed by atoms with Crippen LogP contribution in [-0.4, -0.2) is 48.4 Å². The number of halogens is 1. The largest absolute Gasteiger partial charge is 0.352 e. The Hall–Kier alpha value is -0.950. The fourth-order valence-electron chi connectivity index (χ4n) is 4.07. The fraction of sp³-hybridized carbons (Fsp3) is 0.650. The molecular formula is C20H27BrN2O3. The molecule has 0 radical (unpaired) electrons. The molecule has 2 saturated carbocycles. The van der Waals surface area contributed by atoms with Crippen molar-refractivity contribution in [2.45, 2.75) is 62.9 Å². The molecule has 1 N–H and O–H groups in total. The van der Waals surface area contributed by atoms with Crippen molar-refractivity contribution < 1.29 is 14.3 Å². The second kappa shape index (κ2) is 7.97. The van der Waals surface area contributed by atoms with Gasteiger partial charge in [0.15, 0.2) is 5.79 Å². The molecule has 1 heterocycles. The Morgan fingerprint density at radius 2 is 1.92 bits per heavy atom. The van der Waals surface area contributed by atoms with Gasteiger partial charge in [-0.15, -0.1) is 0 Å². The van der Waals surface area contributed by atoms with Gasteiger partial charge in [0.05, 0.1) is 19.8 Å². The van der Waals surface area contributed by atoms with Gasteiger partial charge >= 0.3 is 0 Å². The summed E-state index contributed by atoms with van der Waals surface area (Å²) in [6.07, 6.45) is 6.01. The SMILES string of the molecule is O=C(CN(Cc1cccc(Br)c1)C1CC1)NC1CCC2(CC1)OCCO2. The molecular weight excluding hydrogens is 396 g/mol. The Bertz CT molecular complexity index is 634. The lowest BCUT2D eigenvalue weighted by Crippen LogP contribution is -2.47. The number of hydrogen-bond acceptors (Lipinski definition) is 4. The summed E-state index contributed by atoms with van der Waals surface area (Å²) in [7, 11) is 0. The zero-order valence-corrected chi connectivity index (χ0v) is 16.7. The van der Waals surface area contributed by atoms with Crippen molar-refractivity contribution in [1.29, 1.82) is 0 Å². The Kier molecular flexibility index (Phi) is 5.64. The van der Waals surface area contributed by atoms with Gasteiger partial charge in [0.25, 0.3) is 0 Å². The molecule has 3 aliphatic rings. The van der Waals surface area contributed by atoms with Crippen LogP contribution in [0.4, 0.5) is 0 Å². The van der Waals surface area contributed by atoms with Crippen LogP contribution in [0.2, 0.25) is 0 Å². The Morgan fingerprint density at radius 1 is 1.19 bits per heavy atom. The van der Waals surface area contributed by atoms with Crippen molar-refractivity contribution in [2.75, 3.05) is 19.8 Å². The van der Waals surface area contributed by atoms with Crippen LogP contribution in [0.5, 0.6) is 0 Å². The smallest absolute Gasteiger partial charge is 0.234 e. The highest BCUT2D eigenvalue weighted by atomic mass is 79.9. The lowest BCUT2D eigenvalue weighted by Gasteiger charge is -2.35. The molecule has 0 atom stereocenters. The Morgan fingerprint density at radius 3 is 2.58 bits per heavy atom. The van der Waals surface area contributed by atoms with E-state index < -0.39 is 0 Å². The predicted octanol–water partition coefficient (Wildman–Crippen LogP) is 3.22. The van der Waals surface area contributed by atoms with Crippen molar-refractivity contribution in [3.8, 4) is 0 Å². The maximum absolute atomic E-state index is 12.6. The summed E-state index contributed by atoms with van der Waals surface area (Å²) in [4.78, 5) is 14.9. The van der Waals surface area contributed by atoms with Crippen molar-refractivity contribution >= 4 is 21.8 Å². The number of hydrogen-bond donors (Lipinski definition) is 1. The lowest BCUT2D eigenvalue weighted by atomic mass is 9.90. The van der Waals surface area contributed by atoms with Crippen LogP contribution in [0.1, 0.15) is 44.1 Å². The van der Waals surface area contributed by atoms with Crippen molar-refractivity contribution in [3.63, 3.8) is 0 Å². The standard InChI is InChI=1S/C20H27BrN2O3/c21-16-3-1-2-15(12-16)13-23(18-4-5-18)14-19(24)22-17-6-8-20(9-7-17)25-10-11-26-20/h1-3,12,17-18H,4-11,13-14H2,(H,22,24). The molecule has 3 fully saturated rings. The lowest BCUT2D eigenvalue weighted by molar-refractivity contribution is -0.180. The molecule has 142 valence electrons. The molecule has 1 aromatic rings. The summed E-state index contributed by atoms with van der Waals surface area (Å²) < 4.78 is 12.6. The monoisotopic (exact) mass is 422 g/mol. The van der Waals surface area contributed by atoms with Gasteiger partial charge in [0, 0.05) is 35.9 Å². The third-order valence-corrected chi connectivity index (χ3v) is 6.10. The van der Waals surface area contributed by atoms with Crippen molar-refractivity contribution in [2.24, 2.45) is 0 Å². The summed E-state index contributed by atoms with van der Waals surface area (Å²) in [6.45, 7) is 2.70. The number of ether oxygens (including phenoxy) is 2. The highest BCUT2D eigenvalue weighted by Crippen LogP contribution is 2.35. The number of carbonyl (C=O) groups is 1. The highest BCUT2D eigenvalue weighted by Gasteiger charge is 2.40. The molecule has 1 saturated heterocycles. The van der Waals surface area contributed by atoms with Crippen molar-refractivity contribution in [3.05, 3.63) is 34.3 Å². The first kappa shape index (κ1) is 18.4. The van der Waals surface area contributed by atoms with Gasteiger partial charge in [0.2, 0.25) is 5.91 Å². The van der Waals surface area contributed by atoms with E-state index in [9.17, 15) is 4.79 Å². The van der Waals surface area contributed by atoms with Crippen LogP contribution in [0, 0.1) is 0 Å². The number of amides is 1. The normalized spacial score (nSPS) is 22.8. The van der Waals surface area contributed by atoms with E-state index in [4.69, 9.17) is 9.47 Å². The number of carbonyl (C=O) groups excluding carboxylic acids is 1. The molecule has 0 bridgehead atoms. The molecule has 1 amide bonds. The quantitative estimate of drug-likeness (QED) is 0.764. The summed E-state index contributed by atoms with van der Waals surface area (Å²) in [5.41, 5.74) is 1.24. The minimum Gasteiger partial charge on any atom is -0.352 e. The zero-order chi connectivity index (χ0) is 18.0. The van der Waals surface area contributed by atoms with Crippen LogP contribution in [-0.2, 0) is 20.8 Å². The van der Waals surface area contributed by atoms with Gasteiger partial charge in [-0.25, -0.2) is 0 Å². The number of nitrogens with zero attached hydrogens (tertiary/aromatic N) is 1. The van der Waals surface area contributed by atoms with E-state index in [1.807, 2.05) is 6.07 Å². The molecule has 5 nitrogen and oxygen atoms in total. The third-order valence-electron chi connectivity index (χ3n) is 5.61. The molecule has 1 aromatic carbocycles. The zero-order valence-electron chi connectivity index (χ0n) is 15.1. The van der Waals surface area contributed by atoms with Crippen molar-refractivity contribution in [1.82, 2.24) is 10.2 Å². The van der Waals surface area contributed by atoms with Crippen LogP contribution < -0.4 is 5.32 Å². The second-order valence-corrected chi connectivity index (χ2v) is 8.63. The number of nitrogens with one attached hydrogen (secondary N) is 1. The summed E-state index contributed by atoms with van der Waals surface area (Å²) in [5, 5.41) is 3.23. The maximum Gasteiger partial charge on any atom is 0.234 e. The predicted molar refractivity (Wildman–Crippen MR) is 103 cm³/mol. The molecule has 2 aliphatic carbocycles. The van der Waals surface area contributed by atoms with E-state index >= 15 is 0 Å². The molecule has 0 aromatic heterocycles. The highest BCUT2D eigenvalue weighted by molar-refractivity contribution is 9.10. The average Bonchev–Trinajstić information content (AvgIpc) is 3.37. The molecule has 1 spiro atoms. The minimum atomic E-state index is -0.359. The third kappa shape index (κ3) is 4.66. The van der Waals surface area contributed by atoms with Crippen LogP contribution >= 0.6 is 15.9 Å². The van der Waals surface area contributed by atoms with Gasteiger partial charge in [-0.05, 0) is 43.4 Å². The van der Waals surface area contributed by atoms with E-state index in [1.54, 1.807) is 0 Å². The molecule has 6 heteroatoms. The van der Waals surface area contributed by atoms with Crippen LogP contribution in [0.15, 0.2) is 28.7 Å². The van der Waals surface area contributed by atoms with Gasteiger partial charge in [0.1, 0.15) is 0 Å². The molecule has 4 rings (SSSR count). The Balaban J connectivity index is 1.27. The molecule has 26 heavy (non-hydrogen) atoms. The molecule has 1 aliphatic heterocycles. The molecule has 0 unspecified atom stereocenters. The van der Waals surface area contributed by atoms with E-state index in [-0.39, 0.29) is 17.7 Å². The van der Waals surface area contributed by atoms with Gasteiger partial charge in [-0.1, -0.05) is 28.1 Å². The Labute approximate surface area is 163 Å². The number of rotatable bonds is 6. The average molecular weight is 423 g/mol. The van der Waals surface area contributed by atoms with E-state index in [0.717, 1.165) is 36.7 Å². The van der Waals surface area contributed by atoms with Gasteiger partial charge < -0.3 is 14.8 Å². The summed E-state index contributed by atoms with van der Waals surface area (Å²) in [6, 6.07) is 9.14. The number of benzene rings is 1. The van der Waals surface area contributed by atoms with E-state index in [0.29, 0.717) is 25.8 Å². The van der Waals surface area contributed by atoms with Crippen LogP contribution in [0.3, 0.4) is 0 Å². The minimum absolute atomic E-state index is 0.140. The van der Waals surface area contributed by atoms with E-state index in [2.05, 4.69) is 44.3 Å². The summed E-state index contributed by atoms with van der Waals surface area (Å²) in [5.74, 6) is -0.219. The van der Waals surface area contributed by atoms with E-state index in [1.165, 1.54) is 18.4 Å². The second-order valence-electron chi connectivity index (χ2n) is 7.72. The first-order valence-electron chi connectivity index (χ1n) is 9.68. The first-order valence-corrected chi connectivity index (χ1v) is 10.5. The fourth-order valence-corrected chi connectivity index (χ4v) is 4.52. The van der Waals surface area contributed by atoms with Gasteiger partial charge in [-0.3, -0.25) is 9.69 Å². The maximum atomic E-state index is 12.6. The van der Waals surface area contributed by atoms with Crippen LogP contribution in [0.25, 0.3) is 0 Å². The topological polar surface area (TPSA) is 50.8 Å². The van der Waals surface area contributed by atoms with Gasteiger partial charge in [-0.2, -0.15) is 0 Å². The summed E-state index contributed by atoms with van der Waals surface area (Å²) >= 11 is 3.53. The first-order chi connectivity index (χ1) is 12.6.